The van der Waals surface area contributed by atoms with Crippen LogP contribution >= 0.6 is 23.1 Å². The number of hydrogen-bond donors (Lipinski definition) is 2. The van der Waals surface area contributed by atoms with Gasteiger partial charge in [-0.25, -0.2) is 0 Å². The van der Waals surface area contributed by atoms with E-state index in [2.05, 4.69) is 27.8 Å². The molecule has 0 radical (unpaired) electrons. The second-order valence-corrected chi connectivity index (χ2v) is 7.79. The molecule has 1 amide bonds. The van der Waals surface area contributed by atoms with Gasteiger partial charge in [0, 0.05) is 19.7 Å². The Kier molecular flexibility index (Phi) is 8.70. The first-order valence-electron chi connectivity index (χ1n) is 8.36. The number of anilines is 1. The van der Waals surface area contributed by atoms with Gasteiger partial charge in [-0.05, 0) is 19.3 Å². The van der Waals surface area contributed by atoms with Crippen molar-refractivity contribution in [2.24, 2.45) is 0 Å². The predicted octanol–water partition coefficient (Wildman–Crippen LogP) is 2.92. The number of ether oxygens (including phenoxy) is 1. The molecule has 1 aromatic rings. The lowest BCUT2D eigenvalue weighted by Gasteiger charge is -2.08. The summed E-state index contributed by atoms with van der Waals surface area (Å²) in [5, 5.41) is 15.2. The van der Waals surface area contributed by atoms with Crippen molar-refractivity contribution < 1.29 is 9.53 Å². The summed E-state index contributed by atoms with van der Waals surface area (Å²) in [6.45, 7) is 4.58. The van der Waals surface area contributed by atoms with Gasteiger partial charge in [-0.3, -0.25) is 4.79 Å². The van der Waals surface area contributed by atoms with Gasteiger partial charge < -0.3 is 15.4 Å². The SMILES string of the molecule is CCCCCCNC(=O)CSc1nnc(NCC2CCCO2)s1. The lowest BCUT2D eigenvalue weighted by atomic mass is 10.2. The number of rotatable bonds is 11. The van der Waals surface area contributed by atoms with Crippen molar-refractivity contribution in [3.8, 4) is 0 Å². The summed E-state index contributed by atoms with van der Waals surface area (Å²) in [5.74, 6) is 0.462. The molecule has 1 saturated heterocycles. The monoisotopic (exact) mass is 358 g/mol. The van der Waals surface area contributed by atoms with Crippen molar-refractivity contribution in [2.75, 3.05) is 30.8 Å². The molecule has 1 fully saturated rings. The minimum atomic E-state index is 0.0653. The minimum Gasteiger partial charge on any atom is -0.376 e. The van der Waals surface area contributed by atoms with Crippen molar-refractivity contribution in [1.29, 1.82) is 0 Å². The van der Waals surface area contributed by atoms with E-state index < -0.39 is 0 Å². The number of aromatic nitrogens is 2. The number of carbonyl (C=O) groups excluding carboxylic acids is 1. The van der Waals surface area contributed by atoms with Gasteiger partial charge >= 0.3 is 0 Å². The van der Waals surface area contributed by atoms with Crippen LogP contribution in [-0.4, -0.2) is 47.7 Å². The molecule has 0 bridgehead atoms. The molecule has 23 heavy (non-hydrogen) atoms. The lowest BCUT2D eigenvalue weighted by Crippen LogP contribution is -2.26. The molecule has 1 aromatic heterocycles. The molecule has 2 N–H and O–H groups in total. The number of unbranched alkanes of at least 4 members (excludes halogenated alkanes) is 3. The average molecular weight is 359 g/mol. The van der Waals surface area contributed by atoms with Gasteiger partial charge in [-0.1, -0.05) is 49.3 Å². The van der Waals surface area contributed by atoms with Crippen molar-refractivity contribution in [2.45, 2.75) is 55.9 Å². The zero-order chi connectivity index (χ0) is 16.3. The fourth-order valence-electron chi connectivity index (χ4n) is 2.30. The number of hydrogen-bond acceptors (Lipinski definition) is 7. The van der Waals surface area contributed by atoms with E-state index in [9.17, 15) is 4.79 Å². The zero-order valence-electron chi connectivity index (χ0n) is 13.7. The van der Waals surface area contributed by atoms with E-state index >= 15 is 0 Å². The number of thioether (sulfide) groups is 1. The topological polar surface area (TPSA) is 76.1 Å². The van der Waals surface area contributed by atoms with Crippen LogP contribution in [0, 0.1) is 0 Å². The van der Waals surface area contributed by atoms with Gasteiger partial charge in [0.2, 0.25) is 11.0 Å². The predicted molar refractivity (Wildman–Crippen MR) is 95.2 cm³/mol. The third kappa shape index (κ3) is 7.50. The third-order valence-corrected chi connectivity index (χ3v) is 5.60. The molecule has 0 aliphatic carbocycles. The van der Waals surface area contributed by atoms with E-state index in [1.807, 2.05) is 0 Å². The van der Waals surface area contributed by atoms with Crippen LogP contribution in [0.5, 0.6) is 0 Å². The molecule has 8 heteroatoms. The summed E-state index contributed by atoms with van der Waals surface area (Å²) < 4.78 is 6.38. The molecular weight excluding hydrogens is 332 g/mol. The first kappa shape index (κ1) is 18.5. The Hall–Kier alpha value is -0.860. The Morgan fingerprint density at radius 2 is 2.30 bits per heavy atom. The Bertz CT molecular complexity index is 464. The van der Waals surface area contributed by atoms with Crippen LogP contribution in [-0.2, 0) is 9.53 Å². The molecule has 0 saturated carbocycles. The highest BCUT2D eigenvalue weighted by Crippen LogP contribution is 2.25. The lowest BCUT2D eigenvalue weighted by molar-refractivity contribution is -0.118. The van der Waals surface area contributed by atoms with E-state index in [0.717, 1.165) is 48.4 Å². The molecular formula is C15H26N4O2S2. The molecule has 2 heterocycles. The Morgan fingerprint density at radius 3 is 3.09 bits per heavy atom. The average Bonchev–Trinajstić information content (AvgIpc) is 3.22. The van der Waals surface area contributed by atoms with Gasteiger partial charge in [-0.2, -0.15) is 0 Å². The molecule has 2 rings (SSSR count). The second kappa shape index (κ2) is 10.8. The van der Waals surface area contributed by atoms with Crippen molar-refractivity contribution in [3.63, 3.8) is 0 Å². The molecule has 0 spiro atoms. The van der Waals surface area contributed by atoms with Crippen LogP contribution in [0.4, 0.5) is 5.13 Å². The summed E-state index contributed by atoms with van der Waals surface area (Å²) in [7, 11) is 0. The Balaban J connectivity index is 1.57. The molecule has 6 nitrogen and oxygen atoms in total. The maximum atomic E-state index is 11.7. The van der Waals surface area contributed by atoms with Crippen LogP contribution < -0.4 is 10.6 Å². The van der Waals surface area contributed by atoms with Gasteiger partial charge in [0.25, 0.3) is 0 Å². The van der Waals surface area contributed by atoms with Crippen LogP contribution in [0.3, 0.4) is 0 Å². The number of carbonyl (C=O) groups is 1. The van der Waals surface area contributed by atoms with Crippen molar-refractivity contribution in [3.05, 3.63) is 0 Å². The highest BCUT2D eigenvalue weighted by Gasteiger charge is 2.16. The van der Waals surface area contributed by atoms with Gasteiger partial charge in [0.1, 0.15) is 0 Å². The Morgan fingerprint density at radius 1 is 1.39 bits per heavy atom. The van der Waals surface area contributed by atoms with Crippen molar-refractivity contribution in [1.82, 2.24) is 15.5 Å². The minimum absolute atomic E-state index is 0.0653. The molecule has 1 aliphatic rings. The number of nitrogens with one attached hydrogen (secondary N) is 2. The van der Waals surface area contributed by atoms with Crippen LogP contribution in [0.25, 0.3) is 0 Å². The zero-order valence-corrected chi connectivity index (χ0v) is 15.3. The maximum absolute atomic E-state index is 11.7. The van der Waals surface area contributed by atoms with E-state index in [0.29, 0.717) is 5.75 Å². The maximum Gasteiger partial charge on any atom is 0.230 e. The summed E-state index contributed by atoms with van der Waals surface area (Å²) in [6.07, 6.45) is 7.21. The largest absolute Gasteiger partial charge is 0.376 e. The first-order chi connectivity index (χ1) is 11.3. The van der Waals surface area contributed by atoms with Crippen molar-refractivity contribution >= 4 is 34.1 Å². The highest BCUT2D eigenvalue weighted by atomic mass is 32.2. The van der Waals surface area contributed by atoms with E-state index in [1.165, 1.54) is 42.4 Å². The quantitative estimate of drug-likeness (QED) is 0.468. The van der Waals surface area contributed by atoms with E-state index in [4.69, 9.17) is 4.74 Å². The molecule has 1 atom stereocenters. The third-order valence-electron chi connectivity index (χ3n) is 3.59. The number of nitrogens with zero attached hydrogens (tertiary/aromatic N) is 2. The molecule has 1 unspecified atom stereocenters. The summed E-state index contributed by atoms with van der Waals surface area (Å²) in [6, 6.07) is 0. The fraction of sp³-hybridized carbons (Fsp3) is 0.800. The standard InChI is InChI=1S/C15H26N4O2S2/c1-2-3-4-5-8-16-13(20)11-22-15-19-18-14(23-15)17-10-12-7-6-9-21-12/h12H,2-11H2,1H3,(H,16,20)(H,17,18). The Labute approximate surface area is 146 Å². The number of amides is 1. The summed E-state index contributed by atoms with van der Waals surface area (Å²) >= 11 is 2.92. The van der Waals surface area contributed by atoms with Crippen LogP contribution in [0.1, 0.15) is 45.4 Å². The van der Waals surface area contributed by atoms with Crippen LogP contribution in [0.2, 0.25) is 0 Å². The smallest absolute Gasteiger partial charge is 0.230 e. The van der Waals surface area contributed by atoms with Crippen LogP contribution in [0.15, 0.2) is 4.34 Å². The molecule has 0 aromatic carbocycles. The van der Waals surface area contributed by atoms with Gasteiger partial charge in [-0.15, -0.1) is 10.2 Å². The van der Waals surface area contributed by atoms with E-state index in [1.54, 1.807) is 0 Å². The second-order valence-electron chi connectivity index (χ2n) is 5.59. The molecule has 1 aliphatic heterocycles. The normalized spacial score (nSPS) is 17.3. The molecule has 130 valence electrons. The highest BCUT2D eigenvalue weighted by molar-refractivity contribution is 8.01. The first-order valence-corrected chi connectivity index (χ1v) is 10.2. The summed E-state index contributed by atoms with van der Waals surface area (Å²) in [5.41, 5.74) is 0. The fourth-order valence-corrected chi connectivity index (χ4v) is 3.89. The van der Waals surface area contributed by atoms with Gasteiger partial charge in [0.15, 0.2) is 4.34 Å². The summed E-state index contributed by atoms with van der Waals surface area (Å²) in [4.78, 5) is 11.7. The van der Waals surface area contributed by atoms with E-state index in [-0.39, 0.29) is 12.0 Å². The van der Waals surface area contributed by atoms with Gasteiger partial charge in [0.05, 0.1) is 11.9 Å².